The maximum Gasteiger partial charge on any atom is 0.0781 e. The van der Waals surface area contributed by atoms with Crippen LogP contribution in [0.1, 0.15) is 70.6 Å². The van der Waals surface area contributed by atoms with Crippen LogP contribution in [0.4, 0.5) is 0 Å². The number of hydrogen-bond acceptors (Lipinski definition) is 3. The van der Waals surface area contributed by atoms with Gasteiger partial charge in [0.05, 0.1) is 6.10 Å². The summed E-state index contributed by atoms with van der Waals surface area (Å²) in [6.45, 7) is 0. The topological polar surface area (TPSA) is 46.2 Å². The van der Waals surface area contributed by atoms with E-state index in [1.165, 1.54) is 64.2 Å². The fourth-order valence-corrected chi connectivity index (χ4v) is 4.94. The predicted molar refractivity (Wildman–Crippen MR) is 91.8 cm³/mol. The lowest BCUT2D eigenvalue weighted by molar-refractivity contribution is 0.147. The molecule has 2 saturated carbocycles. The van der Waals surface area contributed by atoms with Crippen LogP contribution in [0.5, 0.6) is 0 Å². The molecule has 0 saturated heterocycles. The summed E-state index contributed by atoms with van der Waals surface area (Å²) in [6.07, 6.45) is 14.4. The van der Waals surface area contributed by atoms with Crippen molar-refractivity contribution >= 4 is 24.2 Å². The van der Waals surface area contributed by atoms with Crippen LogP contribution in [0.2, 0.25) is 0 Å². The summed E-state index contributed by atoms with van der Waals surface area (Å²) in [5.41, 5.74) is 6.20. The molecule has 2 fully saturated rings. The van der Waals surface area contributed by atoms with Gasteiger partial charge in [-0.25, -0.2) is 0 Å². The van der Waals surface area contributed by atoms with Crippen LogP contribution in [0.15, 0.2) is 0 Å². The Morgan fingerprint density at radius 3 is 2.10 bits per heavy atom. The minimum atomic E-state index is -0.297. The molecule has 2 atom stereocenters. The Bertz CT molecular complexity index is 243. The molecule has 0 aromatic carbocycles. The summed E-state index contributed by atoms with van der Waals surface area (Å²) in [5, 5.41) is 11.0. The second kappa shape index (κ2) is 10.3. The number of thioether (sulfide) groups is 1. The molecule has 0 aliphatic heterocycles. The number of rotatable bonds is 6. The number of aliphatic hydroxyl groups is 1. The van der Waals surface area contributed by atoms with Gasteiger partial charge < -0.3 is 10.8 Å². The normalized spacial score (nSPS) is 24.9. The summed E-state index contributed by atoms with van der Waals surface area (Å²) in [4.78, 5) is 0. The molecule has 0 aromatic heterocycles. The van der Waals surface area contributed by atoms with Gasteiger partial charge in [0, 0.05) is 17.0 Å². The number of aliphatic hydroxyl groups excluding tert-OH is 1. The zero-order valence-electron chi connectivity index (χ0n) is 12.6. The van der Waals surface area contributed by atoms with Gasteiger partial charge in [0.25, 0.3) is 0 Å². The van der Waals surface area contributed by atoms with Gasteiger partial charge in [-0.15, -0.1) is 12.4 Å². The average molecular weight is 322 g/mol. The summed E-state index contributed by atoms with van der Waals surface area (Å²) in [5.74, 6) is 1.62. The van der Waals surface area contributed by atoms with Gasteiger partial charge in [0.2, 0.25) is 0 Å². The highest BCUT2D eigenvalue weighted by Crippen LogP contribution is 2.30. The van der Waals surface area contributed by atoms with Gasteiger partial charge in [-0.1, -0.05) is 51.4 Å². The Labute approximate surface area is 135 Å². The lowest BCUT2D eigenvalue weighted by Gasteiger charge is -2.28. The van der Waals surface area contributed by atoms with Crippen molar-refractivity contribution in [3.8, 4) is 0 Å². The Balaban J connectivity index is 0.00000200. The standard InChI is InChI=1S/C16H31NOS.ClH/c17-15(11-13-7-3-1-4-8-13)16(18)12-19-14-9-5-2-6-10-14;/h13-16,18H,1-12,17H2;1H. The largest absolute Gasteiger partial charge is 0.391 e. The summed E-state index contributed by atoms with van der Waals surface area (Å²) in [7, 11) is 0. The molecule has 0 spiro atoms. The summed E-state index contributed by atoms with van der Waals surface area (Å²) in [6, 6.07) is -0.000749. The molecular formula is C16H32ClNOS. The van der Waals surface area contributed by atoms with E-state index in [4.69, 9.17) is 5.73 Å². The van der Waals surface area contributed by atoms with Crippen molar-refractivity contribution in [1.82, 2.24) is 0 Å². The second-order valence-corrected chi connectivity index (χ2v) is 7.90. The van der Waals surface area contributed by atoms with E-state index in [-0.39, 0.29) is 24.6 Å². The van der Waals surface area contributed by atoms with Gasteiger partial charge in [-0.3, -0.25) is 0 Å². The van der Waals surface area contributed by atoms with Crippen molar-refractivity contribution in [2.24, 2.45) is 11.7 Å². The molecule has 3 N–H and O–H groups in total. The highest BCUT2D eigenvalue weighted by atomic mass is 35.5. The third kappa shape index (κ3) is 6.55. The van der Waals surface area contributed by atoms with Crippen LogP contribution in [0.3, 0.4) is 0 Å². The van der Waals surface area contributed by atoms with E-state index < -0.39 is 0 Å². The third-order valence-electron chi connectivity index (χ3n) is 4.88. The molecule has 0 aromatic rings. The fraction of sp³-hybridized carbons (Fsp3) is 1.00. The molecule has 2 nitrogen and oxygen atoms in total. The summed E-state index contributed by atoms with van der Waals surface area (Å²) < 4.78 is 0. The molecule has 2 aliphatic rings. The van der Waals surface area contributed by atoms with E-state index in [1.807, 2.05) is 11.8 Å². The van der Waals surface area contributed by atoms with Crippen molar-refractivity contribution in [1.29, 1.82) is 0 Å². The zero-order valence-corrected chi connectivity index (χ0v) is 14.3. The minimum absolute atomic E-state index is 0. The van der Waals surface area contributed by atoms with E-state index >= 15 is 0 Å². The van der Waals surface area contributed by atoms with Crippen molar-refractivity contribution < 1.29 is 5.11 Å². The van der Waals surface area contributed by atoms with E-state index in [9.17, 15) is 5.11 Å². The van der Waals surface area contributed by atoms with Crippen molar-refractivity contribution in [3.05, 3.63) is 0 Å². The van der Waals surface area contributed by atoms with E-state index in [2.05, 4.69) is 0 Å². The Morgan fingerprint density at radius 2 is 1.50 bits per heavy atom. The predicted octanol–water partition coefficient (Wildman–Crippen LogP) is 4.13. The lowest BCUT2D eigenvalue weighted by Crippen LogP contribution is -2.38. The molecular weight excluding hydrogens is 290 g/mol. The highest BCUT2D eigenvalue weighted by molar-refractivity contribution is 7.99. The van der Waals surface area contributed by atoms with Gasteiger partial charge in [-0.2, -0.15) is 11.8 Å². The molecule has 2 unspecified atom stereocenters. The molecule has 0 heterocycles. The molecule has 120 valence electrons. The van der Waals surface area contributed by atoms with Gasteiger partial charge in [0.1, 0.15) is 0 Å². The van der Waals surface area contributed by atoms with Gasteiger partial charge >= 0.3 is 0 Å². The molecule has 0 bridgehead atoms. The lowest BCUT2D eigenvalue weighted by atomic mass is 9.84. The number of halogens is 1. The third-order valence-corrected chi connectivity index (χ3v) is 6.36. The van der Waals surface area contributed by atoms with Crippen LogP contribution in [-0.2, 0) is 0 Å². The number of hydrogen-bond donors (Lipinski definition) is 2. The average Bonchev–Trinajstić information content (AvgIpc) is 2.47. The van der Waals surface area contributed by atoms with Gasteiger partial charge in [0.15, 0.2) is 0 Å². The first-order valence-corrected chi connectivity index (χ1v) is 9.36. The van der Waals surface area contributed by atoms with Crippen molar-refractivity contribution in [3.63, 3.8) is 0 Å². The SMILES string of the molecule is Cl.NC(CC1CCCCC1)C(O)CSC1CCCCC1. The first-order valence-electron chi connectivity index (χ1n) is 8.31. The summed E-state index contributed by atoms with van der Waals surface area (Å²) >= 11 is 1.97. The Morgan fingerprint density at radius 1 is 0.950 bits per heavy atom. The van der Waals surface area contributed by atoms with E-state index in [0.29, 0.717) is 0 Å². The molecule has 2 rings (SSSR count). The monoisotopic (exact) mass is 321 g/mol. The van der Waals surface area contributed by atoms with Crippen LogP contribution < -0.4 is 5.73 Å². The molecule has 20 heavy (non-hydrogen) atoms. The maximum absolute atomic E-state index is 10.2. The number of nitrogens with two attached hydrogens (primary N) is 1. The van der Waals surface area contributed by atoms with Crippen LogP contribution >= 0.6 is 24.2 Å². The molecule has 0 radical (unpaired) electrons. The molecule has 2 aliphatic carbocycles. The van der Waals surface area contributed by atoms with Crippen LogP contribution in [0.25, 0.3) is 0 Å². The second-order valence-electron chi connectivity index (χ2n) is 6.56. The smallest absolute Gasteiger partial charge is 0.0781 e. The van der Waals surface area contributed by atoms with Gasteiger partial charge in [-0.05, 0) is 25.2 Å². The quantitative estimate of drug-likeness (QED) is 0.773. The zero-order chi connectivity index (χ0) is 13.5. The molecule has 4 heteroatoms. The Hall–Kier alpha value is 0.560. The Kier molecular flexibility index (Phi) is 9.60. The fourth-order valence-electron chi connectivity index (χ4n) is 3.55. The van der Waals surface area contributed by atoms with Crippen molar-refractivity contribution in [2.45, 2.75) is 88.0 Å². The van der Waals surface area contributed by atoms with Crippen LogP contribution in [-0.4, -0.2) is 28.3 Å². The van der Waals surface area contributed by atoms with E-state index in [1.54, 1.807) is 0 Å². The molecule has 0 amide bonds. The van der Waals surface area contributed by atoms with Crippen LogP contribution in [0, 0.1) is 5.92 Å². The van der Waals surface area contributed by atoms with E-state index in [0.717, 1.165) is 23.3 Å². The first-order chi connectivity index (χ1) is 9.25. The minimum Gasteiger partial charge on any atom is -0.391 e. The first kappa shape index (κ1) is 18.6. The van der Waals surface area contributed by atoms with Crippen molar-refractivity contribution in [2.75, 3.05) is 5.75 Å². The maximum atomic E-state index is 10.2. The highest BCUT2D eigenvalue weighted by Gasteiger charge is 2.23.